The first-order valence-electron chi connectivity index (χ1n) is 4.32. The van der Waals surface area contributed by atoms with Crippen LogP contribution in [0.1, 0.15) is 5.76 Å². The summed E-state index contributed by atoms with van der Waals surface area (Å²) < 4.78 is 31.2. The Hall–Kier alpha value is -1.91. The van der Waals surface area contributed by atoms with Crippen LogP contribution >= 0.6 is 0 Å². The lowest BCUT2D eigenvalue weighted by molar-refractivity contribution is 0.509. The topological polar surface area (TPSA) is 38.1 Å². The molecule has 0 atom stereocenters. The number of para-hydroxylation sites is 1. The molecule has 0 spiro atoms. The standard InChI is InChI=1S/C10H8F2N2O/c11-8-2-1-3-9(12)10(8)14-5-7-4-13-6-15-7/h1-4,6,14H,5H2. The fraction of sp³-hybridized carbons (Fsp3) is 0.100. The van der Waals surface area contributed by atoms with E-state index in [4.69, 9.17) is 4.42 Å². The molecule has 0 fully saturated rings. The Morgan fingerprint density at radius 2 is 2.00 bits per heavy atom. The average molecular weight is 210 g/mol. The van der Waals surface area contributed by atoms with Gasteiger partial charge in [0.25, 0.3) is 0 Å². The van der Waals surface area contributed by atoms with E-state index in [0.29, 0.717) is 5.76 Å². The highest BCUT2D eigenvalue weighted by Crippen LogP contribution is 2.18. The lowest BCUT2D eigenvalue weighted by Gasteiger charge is -2.06. The van der Waals surface area contributed by atoms with Crippen LogP contribution in [0, 0.1) is 11.6 Å². The molecule has 78 valence electrons. The van der Waals surface area contributed by atoms with Crippen LogP contribution in [-0.2, 0) is 6.54 Å². The first-order chi connectivity index (χ1) is 7.27. The van der Waals surface area contributed by atoms with Gasteiger partial charge in [-0.3, -0.25) is 0 Å². The van der Waals surface area contributed by atoms with Crippen LogP contribution in [0.15, 0.2) is 35.2 Å². The van der Waals surface area contributed by atoms with Crippen LogP contribution in [0.2, 0.25) is 0 Å². The molecule has 0 bridgehead atoms. The van der Waals surface area contributed by atoms with Gasteiger partial charge in [-0.05, 0) is 12.1 Å². The monoisotopic (exact) mass is 210 g/mol. The molecule has 2 rings (SSSR count). The fourth-order valence-electron chi connectivity index (χ4n) is 1.17. The molecule has 0 unspecified atom stereocenters. The molecular weight excluding hydrogens is 202 g/mol. The summed E-state index contributed by atoms with van der Waals surface area (Å²) in [5, 5.41) is 2.60. The molecule has 1 N–H and O–H groups in total. The number of benzene rings is 1. The number of anilines is 1. The normalized spacial score (nSPS) is 10.3. The summed E-state index contributed by atoms with van der Waals surface area (Å²) >= 11 is 0. The number of hydrogen-bond acceptors (Lipinski definition) is 3. The number of halogens is 2. The summed E-state index contributed by atoms with van der Waals surface area (Å²) in [6.07, 6.45) is 2.74. The van der Waals surface area contributed by atoms with Crippen molar-refractivity contribution in [3.05, 3.63) is 48.2 Å². The average Bonchev–Trinajstić information content (AvgIpc) is 2.70. The minimum Gasteiger partial charge on any atom is -0.447 e. The summed E-state index contributed by atoms with van der Waals surface area (Å²) in [5.74, 6) is -0.748. The van der Waals surface area contributed by atoms with E-state index in [0.717, 1.165) is 0 Å². The van der Waals surface area contributed by atoms with Gasteiger partial charge in [-0.15, -0.1) is 0 Å². The smallest absolute Gasteiger partial charge is 0.180 e. The van der Waals surface area contributed by atoms with Crippen molar-refractivity contribution in [1.29, 1.82) is 0 Å². The van der Waals surface area contributed by atoms with E-state index in [9.17, 15) is 8.78 Å². The van der Waals surface area contributed by atoms with Gasteiger partial charge in [0.05, 0.1) is 12.7 Å². The van der Waals surface area contributed by atoms with Gasteiger partial charge >= 0.3 is 0 Å². The molecule has 0 radical (unpaired) electrons. The molecule has 5 heteroatoms. The zero-order valence-corrected chi connectivity index (χ0v) is 7.71. The minimum atomic E-state index is -0.630. The van der Waals surface area contributed by atoms with Crippen molar-refractivity contribution in [2.75, 3.05) is 5.32 Å². The van der Waals surface area contributed by atoms with Crippen LogP contribution in [0.5, 0.6) is 0 Å². The van der Waals surface area contributed by atoms with Gasteiger partial charge in [0, 0.05) is 0 Å². The molecule has 1 aromatic carbocycles. The van der Waals surface area contributed by atoms with E-state index in [1.165, 1.54) is 30.8 Å². The zero-order valence-electron chi connectivity index (χ0n) is 7.71. The third-order valence-electron chi connectivity index (χ3n) is 1.89. The SMILES string of the molecule is Fc1cccc(F)c1NCc1cnco1. The van der Waals surface area contributed by atoms with Crippen LogP contribution in [0.3, 0.4) is 0 Å². The lowest BCUT2D eigenvalue weighted by atomic mass is 10.3. The zero-order chi connectivity index (χ0) is 10.7. The molecular formula is C10H8F2N2O. The van der Waals surface area contributed by atoms with Crippen LogP contribution in [0.4, 0.5) is 14.5 Å². The fourth-order valence-corrected chi connectivity index (χ4v) is 1.17. The van der Waals surface area contributed by atoms with Crippen LogP contribution in [-0.4, -0.2) is 4.98 Å². The Balaban J connectivity index is 2.11. The molecule has 0 saturated carbocycles. The number of hydrogen-bond donors (Lipinski definition) is 1. The van der Waals surface area contributed by atoms with Crippen molar-refractivity contribution in [2.24, 2.45) is 0 Å². The van der Waals surface area contributed by atoms with Crippen molar-refractivity contribution in [2.45, 2.75) is 6.54 Å². The summed E-state index contributed by atoms with van der Waals surface area (Å²) in [5.41, 5.74) is -0.158. The van der Waals surface area contributed by atoms with Gasteiger partial charge in [-0.25, -0.2) is 13.8 Å². The summed E-state index contributed by atoms with van der Waals surface area (Å²) in [7, 11) is 0. The van der Waals surface area contributed by atoms with E-state index < -0.39 is 11.6 Å². The first kappa shape index (κ1) is 9.64. The number of nitrogens with one attached hydrogen (secondary N) is 1. The quantitative estimate of drug-likeness (QED) is 0.846. The molecule has 15 heavy (non-hydrogen) atoms. The van der Waals surface area contributed by atoms with E-state index in [-0.39, 0.29) is 12.2 Å². The molecule has 0 aliphatic heterocycles. The molecule has 2 aromatic rings. The Labute approximate surface area is 84.7 Å². The van der Waals surface area contributed by atoms with E-state index in [2.05, 4.69) is 10.3 Å². The van der Waals surface area contributed by atoms with Gasteiger partial charge < -0.3 is 9.73 Å². The summed E-state index contributed by atoms with van der Waals surface area (Å²) in [6.45, 7) is 0.192. The molecule has 0 saturated heterocycles. The van der Waals surface area contributed by atoms with Crippen molar-refractivity contribution in [3.63, 3.8) is 0 Å². The van der Waals surface area contributed by atoms with Crippen LogP contribution in [0.25, 0.3) is 0 Å². The highest BCUT2D eigenvalue weighted by atomic mass is 19.1. The number of aromatic nitrogens is 1. The second-order valence-corrected chi connectivity index (χ2v) is 2.92. The molecule has 0 aliphatic rings. The third-order valence-corrected chi connectivity index (χ3v) is 1.89. The number of rotatable bonds is 3. The van der Waals surface area contributed by atoms with Crippen molar-refractivity contribution < 1.29 is 13.2 Å². The van der Waals surface area contributed by atoms with Crippen molar-refractivity contribution in [3.8, 4) is 0 Å². The Kier molecular flexibility index (Phi) is 2.62. The maximum atomic E-state index is 13.1. The second-order valence-electron chi connectivity index (χ2n) is 2.92. The second kappa shape index (κ2) is 4.08. The lowest BCUT2D eigenvalue weighted by Crippen LogP contribution is -2.02. The molecule has 1 aromatic heterocycles. The Bertz CT molecular complexity index is 422. The predicted octanol–water partition coefficient (Wildman–Crippen LogP) is 2.56. The maximum Gasteiger partial charge on any atom is 0.180 e. The molecule has 1 heterocycles. The first-order valence-corrected chi connectivity index (χ1v) is 4.32. The van der Waals surface area contributed by atoms with E-state index in [1.54, 1.807) is 0 Å². The van der Waals surface area contributed by atoms with Gasteiger partial charge in [0.1, 0.15) is 23.1 Å². The summed E-state index contributed by atoms with van der Waals surface area (Å²) in [6, 6.07) is 3.68. The van der Waals surface area contributed by atoms with Crippen LogP contribution < -0.4 is 5.32 Å². The predicted molar refractivity (Wildman–Crippen MR) is 50.2 cm³/mol. The van der Waals surface area contributed by atoms with E-state index in [1.807, 2.05) is 0 Å². The molecule has 3 nitrogen and oxygen atoms in total. The number of oxazole rings is 1. The third kappa shape index (κ3) is 2.12. The van der Waals surface area contributed by atoms with Gasteiger partial charge in [-0.2, -0.15) is 0 Å². The molecule has 0 amide bonds. The van der Waals surface area contributed by atoms with Crippen molar-refractivity contribution >= 4 is 5.69 Å². The number of nitrogens with zero attached hydrogens (tertiary/aromatic N) is 1. The highest BCUT2D eigenvalue weighted by Gasteiger charge is 2.07. The van der Waals surface area contributed by atoms with Crippen molar-refractivity contribution in [1.82, 2.24) is 4.98 Å². The van der Waals surface area contributed by atoms with Gasteiger partial charge in [0.15, 0.2) is 6.39 Å². The Morgan fingerprint density at radius 3 is 2.60 bits per heavy atom. The maximum absolute atomic E-state index is 13.1. The van der Waals surface area contributed by atoms with Gasteiger partial charge in [-0.1, -0.05) is 6.07 Å². The summed E-state index contributed by atoms with van der Waals surface area (Å²) in [4.78, 5) is 3.69. The van der Waals surface area contributed by atoms with Gasteiger partial charge in [0.2, 0.25) is 0 Å². The minimum absolute atomic E-state index is 0.158. The largest absolute Gasteiger partial charge is 0.447 e. The Morgan fingerprint density at radius 1 is 1.27 bits per heavy atom. The highest BCUT2D eigenvalue weighted by molar-refractivity contribution is 5.45. The molecule has 0 aliphatic carbocycles. The van der Waals surface area contributed by atoms with E-state index >= 15 is 0 Å².